The monoisotopic (exact) mass is 434 g/mol. The Labute approximate surface area is 166 Å². The first-order valence-corrected chi connectivity index (χ1v) is 12.6. The average molecular weight is 435 g/mol. The lowest BCUT2D eigenvalue weighted by Crippen LogP contribution is -2.21. The zero-order valence-corrected chi connectivity index (χ0v) is 19.1. The average Bonchev–Trinajstić information content (AvgIpc) is 2.70. The number of hydrogen-bond acceptors (Lipinski definition) is 3. The maximum absolute atomic E-state index is 6.47. The third kappa shape index (κ3) is 3.71. The van der Waals surface area contributed by atoms with Crippen LogP contribution >= 0.6 is 15.9 Å². The summed E-state index contributed by atoms with van der Waals surface area (Å²) in [6.07, 6.45) is -0.208. The SMILES string of the molecule is COC1c2ccc(Br)cc2COc2ccc(C(C)(C)C)c(O[SiH](C)C)c21. The Kier molecular flexibility index (Phi) is 5.52. The van der Waals surface area contributed by atoms with Gasteiger partial charge in [0.25, 0.3) is 0 Å². The fourth-order valence-corrected chi connectivity index (χ4v) is 4.55. The molecular weight excluding hydrogens is 408 g/mol. The molecule has 0 aliphatic carbocycles. The molecule has 0 saturated carbocycles. The minimum atomic E-state index is -1.31. The quantitative estimate of drug-likeness (QED) is 0.576. The van der Waals surface area contributed by atoms with Crippen molar-refractivity contribution in [2.45, 2.75) is 52.0 Å². The molecule has 1 heterocycles. The topological polar surface area (TPSA) is 27.7 Å². The molecule has 1 unspecified atom stereocenters. The number of hydrogen-bond donors (Lipinski definition) is 0. The molecule has 2 aromatic carbocycles. The van der Waals surface area contributed by atoms with Crippen LogP contribution in [0.4, 0.5) is 0 Å². The minimum Gasteiger partial charge on any atom is -0.546 e. The highest BCUT2D eigenvalue weighted by Crippen LogP contribution is 2.47. The van der Waals surface area contributed by atoms with Crippen LogP contribution < -0.4 is 9.16 Å². The van der Waals surface area contributed by atoms with Gasteiger partial charge in [0.1, 0.15) is 24.2 Å². The molecule has 2 aromatic rings. The van der Waals surface area contributed by atoms with Crippen molar-refractivity contribution in [3.8, 4) is 11.5 Å². The van der Waals surface area contributed by atoms with Crippen molar-refractivity contribution in [1.82, 2.24) is 0 Å². The summed E-state index contributed by atoms with van der Waals surface area (Å²) in [7, 11) is 0.443. The Morgan fingerprint density at radius 2 is 1.88 bits per heavy atom. The van der Waals surface area contributed by atoms with Gasteiger partial charge in [-0.2, -0.15) is 0 Å². The summed E-state index contributed by atoms with van der Waals surface area (Å²) in [5.74, 6) is 1.79. The summed E-state index contributed by atoms with van der Waals surface area (Å²) in [6, 6.07) is 10.5. The molecule has 26 heavy (non-hydrogen) atoms. The van der Waals surface area contributed by atoms with E-state index in [4.69, 9.17) is 13.9 Å². The lowest BCUT2D eigenvalue weighted by atomic mass is 9.83. The van der Waals surface area contributed by atoms with E-state index in [-0.39, 0.29) is 11.5 Å². The van der Waals surface area contributed by atoms with Crippen molar-refractivity contribution < 1.29 is 13.9 Å². The van der Waals surface area contributed by atoms with Crippen LogP contribution in [-0.2, 0) is 16.8 Å². The molecule has 1 aliphatic heterocycles. The largest absolute Gasteiger partial charge is 0.546 e. The molecule has 3 nitrogen and oxygen atoms in total. The standard InChI is InChI=1S/C21H27BrO3Si/c1-21(2,3)16-9-10-17-18(20(16)25-26(5)6)19(23-4)15-8-7-14(22)11-13(15)12-24-17/h7-11,19,26H,12H2,1-6H3. The first-order chi connectivity index (χ1) is 12.2. The smallest absolute Gasteiger partial charge is 0.229 e. The first kappa shape index (κ1) is 19.5. The summed E-state index contributed by atoms with van der Waals surface area (Å²) >= 11 is 3.56. The van der Waals surface area contributed by atoms with E-state index in [1.165, 1.54) is 5.56 Å². The highest BCUT2D eigenvalue weighted by Gasteiger charge is 2.32. The number of fused-ring (bicyclic) bond motifs is 2. The number of methoxy groups -OCH3 is 1. The minimum absolute atomic E-state index is 0.0270. The van der Waals surface area contributed by atoms with Gasteiger partial charge in [0, 0.05) is 11.6 Å². The van der Waals surface area contributed by atoms with E-state index in [9.17, 15) is 0 Å². The number of ether oxygens (including phenoxy) is 2. The van der Waals surface area contributed by atoms with Gasteiger partial charge in [-0.05, 0) is 53.4 Å². The molecule has 0 saturated heterocycles. The van der Waals surface area contributed by atoms with Crippen LogP contribution in [0.25, 0.3) is 0 Å². The van der Waals surface area contributed by atoms with Gasteiger partial charge in [-0.1, -0.05) is 48.8 Å². The Morgan fingerprint density at radius 1 is 1.15 bits per heavy atom. The normalized spacial score (nSPS) is 16.5. The molecule has 3 rings (SSSR count). The zero-order valence-electron chi connectivity index (χ0n) is 16.4. The second-order valence-corrected chi connectivity index (χ2v) is 11.3. The van der Waals surface area contributed by atoms with Crippen LogP contribution in [0, 0.1) is 0 Å². The van der Waals surface area contributed by atoms with Gasteiger partial charge in [0.15, 0.2) is 0 Å². The fraction of sp³-hybridized carbons (Fsp3) is 0.429. The Hall–Kier alpha value is -1.30. The van der Waals surface area contributed by atoms with Gasteiger partial charge < -0.3 is 13.9 Å². The first-order valence-electron chi connectivity index (χ1n) is 9.00. The lowest BCUT2D eigenvalue weighted by molar-refractivity contribution is 0.134. The molecule has 1 atom stereocenters. The zero-order chi connectivity index (χ0) is 19.1. The molecule has 0 bridgehead atoms. The van der Waals surface area contributed by atoms with Crippen LogP contribution in [0.5, 0.6) is 11.5 Å². The molecule has 0 aromatic heterocycles. The summed E-state index contributed by atoms with van der Waals surface area (Å²) < 4.78 is 19.7. The van der Waals surface area contributed by atoms with Crippen molar-refractivity contribution in [1.29, 1.82) is 0 Å². The fourth-order valence-electron chi connectivity index (χ4n) is 3.42. The molecule has 0 fully saturated rings. The number of halogens is 1. The van der Waals surface area contributed by atoms with Gasteiger partial charge >= 0.3 is 0 Å². The molecule has 5 heteroatoms. The molecule has 0 amide bonds. The Balaban J connectivity index is 2.28. The van der Waals surface area contributed by atoms with E-state index in [0.717, 1.165) is 32.7 Å². The van der Waals surface area contributed by atoms with E-state index >= 15 is 0 Å². The third-order valence-electron chi connectivity index (χ3n) is 4.59. The summed E-state index contributed by atoms with van der Waals surface area (Å²) in [5, 5.41) is 0. The molecule has 0 spiro atoms. The van der Waals surface area contributed by atoms with E-state index in [1.807, 2.05) is 0 Å². The van der Waals surface area contributed by atoms with Gasteiger partial charge in [0.05, 0.1) is 5.56 Å². The maximum atomic E-state index is 6.47. The van der Waals surface area contributed by atoms with E-state index in [0.29, 0.717) is 6.61 Å². The van der Waals surface area contributed by atoms with Crippen LogP contribution in [0.2, 0.25) is 13.1 Å². The van der Waals surface area contributed by atoms with Gasteiger partial charge in [0.2, 0.25) is 9.04 Å². The van der Waals surface area contributed by atoms with Crippen LogP contribution in [0.1, 0.15) is 49.1 Å². The molecule has 0 N–H and O–H groups in total. The predicted octanol–water partition coefficient (Wildman–Crippen LogP) is 5.74. The van der Waals surface area contributed by atoms with Gasteiger partial charge in [-0.15, -0.1) is 0 Å². The van der Waals surface area contributed by atoms with E-state index in [2.05, 4.69) is 80.1 Å². The number of rotatable bonds is 3. The lowest BCUT2D eigenvalue weighted by Gasteiger charge is -2.29. The molecular formula is C21H27BrO3Si. The van der Waals surface area contributed by atoms with Crippen LogP contribution in [0.3, 0.4) is 0 Å². The molecule has 0 radical (unpaired) electrons. The maximum Gasteiger partial charge on any atom is 0.229 e. The Bertz CT molecular complexity index is 812. The van der Waals surface area contributed by atoms with Crippen LogP contribution in [0.15, 0.2) is 34.8 Å². The van der Waals surface area contributed by atoms with Crippen LogP contribution in [-0.4, -0.2) is 16.2 Å². The van der Waals surface area contributed by atoms with Crippen molar-refractivity contribution >= 4 is 25.0 Å². The third-order valence-corrected chi connectivity index (χ3v) is 5.79. The van der Waals surface area contributed by atoms with Gasteiger partial charge in [-0.3, -0.25) is 0 Å². The highest BCUT2D eigenvalue weighted by atomic mass is 79.9. The van der Waals surface area contributed by atoms with Crippen molar-refractivity contribution in [3.63, 3.8) is 0 Å². The highest BCUT2D eigenvalue weighted by molar-refractivity contribution is 9.10. The molecule has 140 valence electrons. The Morgan fingerprint density at radius 3 is 2.50 bits per heavy atom. The van der Waals surface area contributed by atoms with Crippen molar-refractivity contribution in [2.75, 3.05) is 7.11 Å². The van der Waals surface area contributed by atoms with Crippen molar-refractivity contribution in [2.24, 2.45) is 0 Å². The van der Waals surface area contributed by atoms with E-state index < -0.39 is 9.04 Å². The second-order valence-electron chi connectivity index (χ2n) is 8.02. The summed E-state index contributed by atoms with van der Waals surface area (Å²) in [5.41, 5.74) is 4.45. The predicted molar refractivity (Wildman–Crippen MR) is 112 cm³/mol. The summed E-state index contributed by atoms with van der Waals surface area (Å²) in [4.78, 5) is 0. The molecule has 1 aliphatic rings. The number of benzene rings is 2. The summed E-state index contributed by atoms with van der Waals surface area (Å²) in [6.45, 7) is 11.6. The van der Waals surface area contributed by atoms with Gasteiger partial charge in [-0.25, -0.2) is 0 Å². The second kappa shape index (κ2) is 7.37. The van der Waals surface area contributed by atoms with Crippen molar-refractivity contribution in [3.05, 3.63) is 57.1 Å². The van der Waals surface area contributed by atoms with E-state index in [1.54, 1.807) is 7.11 Å².